The zero-order chi connectivity index (χ0) is 12.6. The lowest BCUT2D eigenvalue weighted by Crippen LogP contribution is -2.32. The van der Waals surface area contributed by atoms with Gasteiger partial charge in [-0.25, -0.2) is 4.39 Å². The summed E-state index contributed by atoms with van der Waals surface area (Å²) in [5.74, 6) is -0.378. The molecule has 1 aromatic carbocycles. The second-order valence-electron chi connectivity index (χ2n) is 4.48. The van der Waals surface area contributed by atoms with Gasteiger partial charge in [0.1, 0.15) is 5.82 Å². The van der Waals surface area contributed by atoms with E-state index in [0.29, 0.717) is 18.7 Å². The van der Waals surface area contributed by atoms with Crippen LogP contribution in [0, 0.1) is 11.7 Å². The lowest BCUT2D eigenvalue weighted by Gasteiger charge is -2.16. The molecule has 2 atom stereocenters. The molecule has 0 aromatic heterocycles. The van der Waals surface area contributed by atoms with Crippen LogP contribution >= 0.6 is 11.6 Å². The Morgan fingerprint density at radius 2 is 2.24 bits per heavy atom. The molecule has 1 aromatic rings. The Labute approximate surface area is 104 Å². The van der Waals surface area contributed by atoms with Gasteiger partial charge in [-0.1, -0.05) is 18.5 Å². The fraction of sp³-hybridized carbons (Fsp3) is 0.417. The molecular formula is C12H14ClFN2O. The number of amides is 1. The second-order valence-corrected chi connectivity index (χ2v) is 4.89. The molecule has 0 bridgehead atoms. The van der Waals surface area contributed by atoms with E-state index in [2.05, 4.69) is 0 Å². The highest BCUT2D eigenvalue weighted by atomic mass is 35.5. The molecule has 2 N–H and O–H groups in total. The largest absolute Gasteiger partial charge is 0.337 e. The van der Waals surface area contributed by atoms with Crippen molar-refractivity contribution in [3.05, 3.63) is 34.6 Å². The van der Waals surface area contributed by atoms with E-state index in [1.807, 2.05) is 6.92 Å². The predicted octanol–water partition coefficient (Wildman–Crippen LogP) is 1.90. The minimum atomic E-state index is -0.519. The zero-order valence-electron chi connectivity index (χ0n) is 9.49. The molecule has 0 aliphatic carbocycles. The van der Waals surface area contributed by atoms with Crippen molar-refractivity contribution in [2.45, 2.75) is 13.0 Å². The average molecular weight is 257 g/mol. The van der Waals surface area contributed by atoms with E-state index in [9.17, 15) is 9.18 Å². The predicted molar refractivity (Wildman–Crippen MR) is 64.5 cm³/mol. The van der Waals surface area contributed by atoms with Crippen molar-refractivity contribution in [1.29, 1.82) is 0 Å². The maximum atomic E-state index is 13.0. The van der Waals surface area contributed by atoms with Gasteiger partial charge < -0.3 is 10.6 Å². The highest BCUT2D eigenvalue weighted by Gasteiger charge is 2.30. The number of carbonyl (C=O) groups excluding carboxylic acids is 1. The van der Waals surface area contributed by atoms with Crippen LogP contribution in [0.25, 0.3) is 0 Å². The van der Waals surface area contributed by atoms with Crippen molar-refractivity contribution in [1.82, 2.24) is 4.90 Å². The molecule has 1 aliphatic heterocycles. The minimum Gasteiger partial charge on any atom is -0.337 e. The molecule has 1 amide bonds. The van der Waals surface area contributed by atoms with Crippen molar-refractivity contribution in [2.24, 2.45) is 11.7 Å². The first-order valence-electron chi connectivity index (χ1n) is 5.49. The number of nitrogens with zero attached hydrogens (tertiary/aromatic N) is 1. The summed E-state index contributed by atoms with van der Waals surface area (Å²) in [6, 6.07) is 4.01. The number of nitrogens with two attached hydrogens (primary N) is 1. The number of carbonyl (C=O) groups is 1. The van der Waals surface area contributed by atoms with E-state index in [1.165, 1.54) is 18.2 Å². The summed E-state index contributed by atoms with van der Waals surface area (Å²) >= 11 is 5.65. The lowest BCUT2D eigenvalue weighted by molar-refractivity contribution is 0.0787. The van der Waals surface area contributed by atoms with Crippen LogP contribution in [0.15, 0.2) is 18.2 Å². The fourth-order valence-corrected chi connectivity index (χ4v) is 2.15. The Kier molecular flexibility index (Phi) is 3.35. The highest BCUT2D eigenvalue weighted by molar-refractivity contribution is 6.31. The molecular weight excluding hydrogens is 243 g/mol. The maximum Gasteiger partial charge on any atom is 0.253 e. The van der Waals surface area contributed by atoms with Crippen LogP contribution in [0.2, 0.25) is 5.02 Å². The van der Waals surface area contributed by atoms with Crippen molar-refractivity contribution >= 4 is 17.5 Å². The van der Waals surface area contributed by atoms with Crippen LogP contribution < -0.4 is 5.73 Å². The Morgan fingerprint density at radius 1 is 1.53 bits per heavy atom. The normalized spacial score (nSPS) is 24.1. The molecule has 0 saturated carbocycles. The van der Waals surface area contributed by atoms with Crippen molar-refractivity contribution < 1.29 is 9.18 Å². The van der Waals surface area contributed by atoms with Gasteiger partial charge in [0, 0.05) is 24.7 Å². The summed E-state index contributed by atoms with van der Waals surface area (Å²) in [5.41, 5.74) is 6.26. The fourth-order valence-electron chi connectivity index (χ4n) is 1.97. The third kappa shape index (κ3) is 2.42. The van der Waals surface area contributed by atoms with E-state index >= 15 is 0 Å². The minimum absolute atomic E-state index is 0.00914. The van der Waals surface area contributed by atoms with Crippen molar-refractivity contribution in [3.63, 3.8) is 0 Å². The summed E-state index contributed by atoms with van der Waals surface area (Å²) < 4.78 is 13.0. The van der Waals surface area contributed by atoms with Crippen LogP contribution in [0.4, 0.5) is 4.39 Å². The molecule has 92 valence electrons. The first-order chi connectivity index (χ1) is 7.99. The lowest BCUT2D eigenvalue weighted by atomic mass is 10.1. The Hall–Kier alpha value is -1.13. The number of hydrogen-bond acceptors (Lipinski definition) is 2. The molecule has 0 radical (unpaired) electrons. The van der Waals surface area contributed by atoms with Gasteiger partial charge in [-0.15, -0.1) is 0 Å². The summed E-state index contributed by atoms with van der Waals surface area (Å²) in [6.45, 7) is 3.18. The van der Waals surface area contributed by atoms with E-state index in [-0.39, 0.29) is 22.9 Å². The average Bonchev–Trinajstić information content (AvgIpc) is 2.62. The Bertz CT molecular complexity index is 442. The number of hydrogen-bond donors (Lipinski definition) is 1. The van der Waals surface area contributed by atoms with Gasteiger partial charge in [-0.05, 0) is 24.1 Å². The molecule has 1 saturated heterocycles. The quantitative estimate of drug-likeness (QED) is 0.834. The number of rotatable bonds is 1. The van der Waals surface area contributed by atoms with Crippen LogP contribution in [0.5, 0.6) is 0 Å². The maximum absolute atomic E-state index is 13.0. The molecule has 0 spiro atoms. The molecule has 5 heteroatoms. The molecule has 17 heavy (non-hydrogen) atoms. The Morgan fingerprint density at radius 3 is 2.76 bits per heavy atom. The summed E-state index contributed by atoms with van der Waals surface area (Å²) in [4.78, 5) is 13.8. The first-order valence-corrected chi connectivity index (χ1v) is 5.86. The topological polar surface area (TPSA) is 46.3 Å². The summed E-state index contributed by atoms with van der Waals surface area (Å²) in [6.07, 6.45) is 0. The molecule has 1 fully saturated rings. The third-order valence-electron chi connectivity index (χ3n) is 3.12. The van der Waals surface area contributed by atoms with Gasteiger partial charge in [0.2, 0.25) is 0 Å². The molecule has 1 aliphatic rings. The van der Waals surface area contributed by atoms with Crippen LogP contribution in [-0.4, -0.2) is 29.9 Å². The number of benzene rings is 1. The third-order valence-corrected chi connectivity index (χ3v) is 3.41. The van der Waals surface area contributed by atoms with E-state index in [1.54, 1.807) is 4.90 Å². The van der Waals surface area contributed by atoms with Gasteiger partial charge in [0.05, 0.1) is 5.02 Å². The molecule has 2 unspecified atom stereocenters. The molecule has 1 heterocycles. The summed E-state index contributed by atoms with van der Waals surface area (Å²) in [5, 5.41) is -0.0348. The van der Waals surface area contributed by atoms with Crippen LogP contribution in [0.3, 0.4) is 0 Å². The highest BCUT2D eigenvalue weighted by Crippen LogP contribution is 2.20. The van der Waals surface area contributed by atoms with Gasteiger partial charge in [-0.3, -0.25) is 4.79 Å². The van der Waals surface area contributed by atoms with E-state index in [4.69, 9.17) is 17.3 Å². The number of halogens is 2. The zero-order valence-corrected chi connectivity index (χ0v) is 10.2. The van der Waals surface area contributed by atoms with Crippen molar-refractivity contribution in [2.75, 3.05) is 13.1 Å². The first kappa shape index (κ1) is 12.3. The molecule has 3 nitrogen and oxygen atoms in total. The summed E-state index contributed by atoms with van der Waals surface area (Å²) in [7, 11) is 0. The van der Waals surface area contributed by atoms with Gasteiger partial charge in [0.25, 0.3) is 5.91 Å². The smallest absolute Gasteiger partial charge is 0.253 e. The second kappa shape index (κ2) is 4.63. The van der Waals surface area contributed by atoms with Gasteiger partial charge >= 0.3 is 0 Å². The van der Waals surface area contributed by atoms with Crippen LogP contribution in [0.1, 0.15) is 17.3 Å². The Balaban J connectivity index is 2.17. The van der Waals surface area contributed by atoms with E-state index in [0.717, 1.165) is 0 Å². The SMILES string of the molecule is CC1CN(C(=O)c2ccc(F)c(Cl)c2)CC1N. The van der Waals surface area contributed by atoms with Crippen LogP contribution in [-0.2, 0) is 0 Å². The van der Waals surface area contributed by atoms with Gasteiger partial charge in [0.15, 0.2) is 0 Å². The molecule has 2 rings (SSSR count). The van der Waals surface area contributed by atoms with E-state index < -0.39 is 5.82 Å². The van der Waals surface area contributed by atoms with Gasteiger partial charge in [-0.2, -0.15) is 0 Å². The van der Waals surface area contributed by atoms with Crippen molar-refractivity contribution in [3.8, 4) is 0 Å². The monoisotopic (exact) mass is 256 g/mol. The standard InChI is InChI=1S/C12H14ClFN2O/c1-7-5-16(6-11(7)15)12(17)8-2-3-10(14)9(13)4-8/h2-4,7,11H,5-6,15H2,1H3. The number of likely N-dealkylation sites (tertiary alicyclic amines) is 1.